The number of urea groups is 1. The van der Waals surface area contributed by atoms with Crippen LogP contribution in [0.5, 0.6) is 0 Å². The smallest absolute Gasteiger partial charge is 0.344 e. The zero-order valence-electron chi connectivity index (χ0n) is 16.4. The van der Waals surface area contributed by atoms with Crippen LogP contribution in [0.15, 0.2) is 54.6 Å². The van der Waals surface area contributed by atoms with E-state index in [1.807, 2.05) is 59.5 Å². The highest BCUT2D eigenvalue weighted by Gasteiger charge is 2.48. The minimum atomic E-state index is -1.04. The predicted molar refractivity (Wildman–Crippen MR) is 109 cm³/mol. The molecule has 0 radical (unpaired) electrons. The summed E-state index contributed by atoms with van der Waals surface area (Å²) >= 11 is 0. The van der Waals surface area contributed by atoms with Gasteiger partial charge in [-0.15, -0.1) is 0 Å². The predicted octanol–water partition coefficient (Wildman–Crippen LogP) is 2.02. The SMILES string of the molecule is C[C@@]1(CCc2ccccc2)NC(=O)N(NC(=O)CN2CCc3ccccc32)C1=O. The monoisotopic (exact) mass is 392 g/mol. The summed E-state index contributed by atoms with van der Waals surface area (Å²) in [6.07, 6.45) is 1.98. The standard InChI is InChI=1S/C22H24N4O3/c1-22(13-11-16-7-3-2-4-8-16)20(28)26(21(29)23-22)24-19(27)15-25-14-12-17-9-5-6-10-18(17)25/h2-10H,11-15H2,1H3,(H,23,29)(H,24,27)/t22-/m0/s1. The second-order valence-electron chi connectivity index (χ2n) is 7.72. The lowest BCUT2D eigenvalue weighted by Gasteiger charge is -2.23. The highest BCUT2D eigenvalue weighted by atomic mass is 16.2. The van der Waals surface area contributed by atoms with Crippen LogP contribution in [-0.4, -0.2) is 41.5 Å². The first kappa shape index (κ1) is 19.0. The molecular formula is C22H24N4O3. The van der Waals surface area contributed by atoms with Crippen molar-refractivity contribution in [3.63, 3.8) is 0 Å². The Morgan fingerprint density at radius 3 is 2.62 bits per heavy atom. The van der Waals surface area contributed by atoms with Crippen LogP contribution >= 0.6 is 0 Å². The fourth-order valence-electron chi connectivity index (χ4n) is 3.90. The number of carbonyl (C=O) groups is 3. The number of aryl methyl sites for hydroxylation is 1. The van der Waals surface area contributed by atoms with E-state index in [1.165, 1.54) is 5.56 Å². The van der Waals surface area contributed by atoms with Crippen LogP contribution < -0.4 is 15.6 Å². The Morgan fingerprint density at radius 1 is 1.10 bits per heavy atom. The first-order chi connectivity index (χ1) is 14.0. The Kier molecular flexibility index (Phi) is 4.96. The first-order valence-corrected chi connectivity index (χ1v) is 9.79. The number of hydrogen-bond donors (Lipinski definition) is 2. The Balaban J connectivity index is 1.37. The molecule has 0 spiro atoms. The maximum absolute atomic E-state index is 12.8. The van der Waals surface area contributed by atoms with Crippen molar-refractivity contribution < 1.29 is 14.4 Å². The largest absolute Gasteiger partial charge is 0.362 e. The lowest BCUT2D eigenvalue weighted by atomic mass is 9.93. The van der Waals surface area contributed by atoms with Crippen LogP contribution in [0.4, 0.5) is 10.5 Å². The normalized spacial score (nSPS) is 20.6. The summed E-state index contributed by atoms with van der Waals surface area (Å²) in [6, 6.07) is 17.1. The van der Waals surface area contributed by atoms with Gasteiger partial charge >= 0.3 is 6.03 Å². The molecule has 1 saturated heterocycles. The number of nitrogens with one attached hydrogen (secondary N) is 2. The molecule has 0 aliphatic carbocycles. The van der Waals surface area contributed by atoms with Crippen molar-refractivity contribution in [1.82, 2.24) is 15.8 Å². The highest BCUT2D eigenvalue weighted by molar-refractivity contribution is 6.07. The van der Waals surface area contributed by atoms with Gasteiger partial charge in [0.25, 0.3) is 11.8 Å². The number of anilines is 1. The molecule has 0 aromatic heterocycles. The molecule has 1 fully saturated rings. The molecule has 150 valence electrons. The molecule has 2 aromatic carbocycles. The van der Waals surface area contributed by atoms with Gasteiger partial charge < -0.3 is 10.2 Å². The zero-order chi connectivity index (χ0) is 20.4. The van der Waals surface area contributed by atoms with Crippen molar-refractivity contribution in [2.75, 3.05) is 18.0 Å². The van der Waals surface area contributed by atoms with Gasteiger partial charge in [0.2, 0.25) is 0 Å². The van der Waals surface area contributed by atoms with Gasteiger partial charge in [-0.05, 0) is 43.4 Å². The van der Waals surface area contributed by atoms with E-state index in [4.69, 9.17) is 0 Å². The molecule has 2 aromatic rings. The molecule has 2 aliphatic heterocycles. The number of rotatable bonds is 6. The van der Waals surface area contributed by atoms with E-state index >= 15 is 0 Å². The van der Waals surface area contributed by atoms with Crippen molar-refractivity contribution in [3.8, 4) is 0 Å². The maximum atomic E-state index is 12.8. The van der Waals surface area contributed by atoms with Crippen molar-refractivity contribution in [2.45, 2.75) is 31.7 Å². The minimum absolute atomic E-state index is 0.0921. The average molecular weight is 392 g/mol. The maximum Gasteiger partial charge on any atom is 0.344 e. The number of hydrogen-bond acceptors (Lipinski definition) is 4. The quantitative estimate of drug-likeness (QED) is 0.737. The summed E-state index contributed by atoms with van der Waals surface area (Å²) in [5, 5.41) is 3.54. The summed E-state index contributed by atoms with van der Waals surface area (Å²) in [7, 11) is 0. The lowest BCUT2D eigenvalue weighted by Crippen LogP contribution is -2.51. The molecule has 1 atom stereocenters. The second-order valence-corrected chi connectivity index (χ2v) is 7.72. The topological polar surface area (TPSA) is 81.8 Å². The summed E-state index contributed by atoms with van der Waals surface area (Å²) in [6.45, 7) is 2.52. The van der Waals surface area contributed by atoms with Crippen LogP contribution in [-0.2, 0) is 22.4 Å². The second kappa shape index (κ2) is 7.58. The Hall–Kier alpha value is -3.35. The van der Waals surface area contributed by atoms with Gasteiger partial charge in [0.05, 0.1) is 6.54 Å². The Labute approximate surface area is 169 Å². The van der Waals surface area contributed by atoms with Gasteiger partial charge in [-0.2, -0.15) is 5.01 Å². The summed E-state index contributed by atoms with van der Waals surface area (Å²) in [4.78, 5) is 39.7. The van der Waals surface area contributed by atoms with Gasteiger partial charge in [-0.3, -0.25) is 15.0 Å². The van der Waals surface area contributed by atoms with Crippen molar-refractivity contribution in [2.24, 2.45) is 0 Å². The molecule has 2 heterocycles. The number of carbonyl (C=O) groups excluding carboxylic acids is 3. The van der Waals surface area contributed by atoms with Crippen LogP contribution in [0.25, 0.3) is 0 Å². The number of para-hydroxylation sites is 1. The van der Waals surface area contributed by atoms with E-state index in [2.05, 4.69) is 10.7 Å². The van der Waals surface area contributed by atoms with Crippen LogP contribution in [0.3, 0.4) is 0 Å². The van der Waals surface area contributed by atoms with E-state index in [0.29, 0.717) is 12.8 Å². The summed E-state index contributed by atoms with van der Waals surface area (Å²) < 4.78 is 0. The number of nitrogens with zero attached hydrogens (tertiary/aromatic N) is 2. The van der Waals surface area contributed by atoms with Gasteiger partial charge in [0.15, 0.2) is 0 Å². The molecule has 0 saturated carbocycles. The molecule has 4 rings (SSSR count). The van der Waals surface area contributed by atoms with Gasteiger partial charge in [-0.1, -0.05) is 48.5 Å². The van der Waals surface area contributed by atoms with E-state index in [9.17, 15) is 14.4 Å². The molecule has 4 amide bonds. The molecule has 29 heavy (non-hydrogen) atoms. The number of imide groups is 1. The van der Waals surface area contributed by atoms with Crippen molar-refractivity contribution in [1.29, 1.82) is 0 Å². The van der Waals surface area contributed by atoms with Crippen LogP contribution in [0.2, 0.25) is 0 Å². The van der Waals surface area contributed by atoms with Crippen molar-refractivity contribution in [3.05, 3.63) is 65.7 Å². The molecule has 7 nitrogen and oxygen atoms in total. The molecule has 2 aliphatic rings. The van der Waals surface area contributed by atoms with Gasteiger partial charge in [0.1, 0.15) is 5.54 Å². The molecule has 0 bridgehead atoms. The van der Waals surface area contributed by atoms with Crippen molar-refractivity contribution >= 4 is 23.5 Å². The Morgan fingerprint density at radius 2 is 1.83 bits per heavy atom. The molecular weight excluding hydrogens is 368 g/mol. The lowest BCUT2D eigenvalue weighted by molar-refractivity contribution is -0.138. The average Bonchev–Trinajstić information content (AvgIpc) is 3.22. The summed E-state index contributed by atoms with van der Waals surface area (Å²) in [5.41, 5.74) is 4.75. The summed E-state index contributed by atoms with van der Waals surface area (Å²) in [5.74, 6) is -0.828. The number of fused-ring (bicyclic) bond motifs is 1. The van der Waals surface area contributed by atoms with E-state index < -0.39 is 23.4 Å². The first-order valence-electron chi connectivity index (χ1n) is 9.79. The van der Waals surface area contributed by atoms with Gasteiger partial charge in [0, 0.05) is 12.2 Å². The van der Waals surface area contributed by atoms with E-state index in [0.717, 1.165) is 29.2 Å². The number of hydrazine groups is 1. The van der Waals surface area contributed by atoms with E-state index in [1.54, 1.807) is 6.92 Å². The third kappa shape index (κ3) is 3.81. The van der Waals surface area contributed by atoms with Gasteiger partial charge in [-0.25, -0.2) is 4.79 Å². The highest BCUT2D eigenvalue weighted by Crippen LogP contribution is 2.27. The molecule has 7 heteroatoms. The third-order valence-electron chi connectivity index (χ3n) is 5.57. The zero-order valence-corrected chi connectivity index (χ0v) is 16.4. The fraction of sp³-hybridized carbons (Fsp3) is 0.318. The molecule has 2 N–H and O–H groups in total. The van der Waals surface area contributed by atoms with Crippen LogP contribution in [0, 0.1) is 0 Å². The fourth-order valence-corrected chi connectivity index (χ4v) is 3.90. The number of benzene rings is 2. The Bertz CT molecular complexity index is 946. The van der Waals surface area contributed by atoms with E-state index in [-0.39, 0.29) is 6.54 Å². The minimum Gasteiger partial charge on any atom is -0.362 e. The number of amides is 4. The van der Waals surface area contributed by atoms with Crippen LogP contribution in [0.1, 0.15) is 24.5 Å². The third-order valence-corrected chi connectivity index (χ3v) is 5.57. The molecule has 0 unspecified atom stereocenters.